The molecular weight excluding hydrogens is 340 g/mol. The van der Waals surface area contributed by atoms with Gasteiger partial charge in [0.25, 0.3) is 0 Å². The fourth-order valence-electron chi connectivity index (χ4n) is 3.64. The molecule has 0 bridgehead atoms. The van der Waals surface area contributed by atoms with Crippen molar-refractivity contribution in [2.24, 2.45) is 11.3 Å². The molecule has 4 aromatic rings. The van der Waals surface area contributed by atoms with E-state index in [4.69, 9.17) is 4.52 Å². The third kappa shape index (κ3) is 3.77. The van der Waals surface area contributed by atoms with Gasteiger partial charge in [0.1, 0.15) is 0 Å². The minimum absolute atomic E-state index is 0.311. The van der Waals surface area contributed by atoms with E-state index in [1.54, 1.807) is 12.4 Å². The molecule has 7 heteroatoms. The van der Waals surface area contributed by atoms with Crippen LogP contribution in [0.4, 0.5) is 11.5 Å². The zero-order valence-electron chi connectivity index (χ0n) is 16.1. The van der Waals surface area contributed by atoms with Crippen LogP contribution in [-0.4, -0.2) is 25.3 Å². The quantitative estimate of drug-likeness (QED) is 0.526. The van der Waals surface area contributed by atoms with Gasteiger partial charge in [0, 0.05) is 29.5 Å². The van der Waals surface area contributed by atoms with Gasteiger partial charge in [-0.3, -0.25) is 5.10 Å². The van der Waals surface area contributed by atoms with E-state index < -0.39 is 0 Å². The molecule has 7 nitrogen and oxygen atoms in total. The van der Waals surface area contributed by atoms with Crippen molar-refractivity contribution in [2.75, 3.05) is 5.32 Å². The highest BCUT2D eigenvalue weighted by Gasteiger charge is 2.18. The first-order valence-corrected chi connectivity index (χ1v) is 9.19. The Morgan fingerprint density at radius 1 is 1.19 bits per heavy atom. The number of anilines is 2. The minimum atomic E-state index is 0.311. The third-order valence-electron chi connectivity index (χ3n) is 4.51. The lowest BCUT2D eigenvalue weighted by Gasteiger charge is -2.22. The molecule has 3 heterocycles. The Balaban J connectivity index is 1.55. The van der Waals surface area contributed by atoms with Crippen molar-refractivity contribution in [3.8, 4) is 0 Å². The lowest BCUT2D eigenvalue weighted by Crippen LogP contribution is -2.13. The number of benzene rings is 1. The van der Waals surface area contributed by atoms with Gasteiger partial charge in [0.05, 0.1) is 5.69 Å². The smallest absolute Gasteiger partial charge is 0.180 e. The van der Waals surface area contributed by atoms with Gasteiger partial charge in [-0.25, -0.2) is 9.97 Å². The van der Waals surface area contributed by atoms with Crippen LogP contribution in [0, 0.1) is 11.3 Å². The van der Waals surface area contributed by atoms with E-state index in [2.05, 4.69) is 58.3 Å². The van der Waals surface area contributed by atoms with E-state index in [1.165, 1.54) is 0 Å². The van der Waals surface area contributed by atoms with Crippen molar-refractivity contribution >= 4 is 33.6 Å². The SMILES string of the molecule is CC(Cc1noc2cc(Nc3n[nH]c4nccnc34)ccc12)CC(C)(C)C. The van der Waals surface area contributed by atoms with Crippen LogP contribution in [0.25, 0.3) is 22.1 Å². The molecule has 0 radical (unpaired) electrons. The maximum atomic E-state index is 5.58. The number of H-pyrrole nitrogens is 1. The summed E-state index contributed by atoms with van der Waals surface area (Å²) in [5.41, 5.74) is 4.31. The third-order valence-corrected chi connectivity index (χ3v) is 4.51. The molecule has 0 fully saturated rings. The van der Waals surface area contributed by atoms with Crippen LogP contribution in [0.1, 0.15) is 39.8 Å². The van der Waals surface area contributed by atoms with Gasteiger partial charge in [-0.05, 0) is 36.3 Å². The van der Waals surface area contributed by atoms with Crippen molar-refractivity contribution in [2.45, 2.75) is 40.5 Å². The fourth-order valence-corrected chi connectivity index (χ4v) is 3.64. The second kappa shape index (κ2) is 6.64. The van der Waals surface area contributed by atoms with Gasteiger partial charge in [0.2, 0.25) is 0 Å². The number of rotatable bonds is 5. The van der Waals surface area contributed by atoms with E-state index in [9.17, 15) is 0 Å². The molecule has 1 atom stereocenters. The van der Waals surface area contributed by atoms with Crippen molar-refractivity contribution < 1.29 is 4.52 Å². The molecule has 2 N–H and O–H groups in total. The molecule has 3 aromatic heterocycles. The van der Waals surface area contributed by atoms with Crippen LogP contribution in [0.5, 0.6) is 0 Å². The molecule has 0 saturated carbocycles. The van der Waals surface area contributed by atoms with Crippen LogP contribution in [0.2, 0.25) is 0 Å². The zero-order valence-corrected chi connectivity index (χ0v) is 16.1. The van der Waals surface area contributed by atoms with Crippen molar-refractivity contribution in [1.82, 2.24) is 25.3 Å². The standard InChI is InChI=1S/C20H24N6O/c1-12(11-20(2,3)4)9-15-14-6-5-13(10-16(14)27-26-15)23-19-17-18(24-25-19)22-8-7-21-17/h5-8,10,12H,9,11H2,1-4H3,(H2,22,23,24,25). The highest BCUT2D eigenvalue weighted by molar-refractivity contribution is 5.88. The van der Waals surface area contributed by atoms with Crippen molar-refractivity contribution in [3.05, 3.63) is 36.3 Å². The number of aromatic amines is 1. The van der Waals surface area contributed by atoms with Crippen molar-refractivity contribution in [1.29, 1.82) is 0 Å². The number of hydrogen-bond acceptors (Lipinski definition) is 6. The molecular formula is C20H24N6O. The molecule has 0 spiro atoms. The molecule has 0 saturated heterocycles. The van der Waals surface area contributed by atoms with Crippen LogP contribution < -0.4 is 5.32 Å². The van der Waals surface area contributed by atoms with Crippen LogP contribution >= 0.6 is 0 Å². The Morgan fingerprint density at radius 3 is 2.81 bits per heavy atom. The lowest BCUT2D eigenvalue weighted by atomic mass is 9.83. The van der Waals surface area contributed by atoms with Crippen LogP contribution in [-0.2, 0) is 6.42 Å². The zero-order chi connectivity index (χ0) is 19.0. The maximum Gasteiger partial charge on any atom is 0.180 e. The molecule has 0 aliphatic carbocycles. The van der Waals surface area contributed by atoms with E-state index in [0.29, 0.717) is 28.3 Å². The molecule has 4 rings (SSSR count). The molecule has 1 aromatic carbocycles. The van der Waals surface area contributed by atoms with Gasteiger partial charge in [-0.2, -0.15) is 5.10 Å². The number of fused-ring (bicyclic) bond motifs is 2. The molecule has 140 valence electrons. The predicted octanol–water partition coefficient (Wildman–Crippen LogP) is 4.85. The summed E-state index contributed by atoms with van der Waals surface area (Å²) in [6.45, 7) is 9.08. The fraction of sp³-hybridized carbons (Fsp3) is 0.400. The summed E-state index contributed by atoms with van der Waals surface area (Å²) < 4.78 is 5.58. The predicted molar refractivity (Wildman–Crippen MR) is 106 cm³/mol. The highest BCUT2D eigenvalue weighted by Crippen LogP contribution is 2.30. The van der Waals surface area contributed by atoms with Gasteiger partial charge in [-0.15, -0.1) is 0 Å². The summed E-state index contributed by atoms with van der Waals surface area (Å²) in [6.07, 6.45) is 5.34. The Morgan fingerprint density at radius 2 is 2.00 bits per heavy atom. The summed E-state index contributed by atoms with van der Waals surface area (Å²) in [7, 11) is 0. The number of aromatic nitrogens is 5. The molecule has 0 aliphatic rings. The maximum absolute atomic E-state index is 5.58. The van der Waals surface area contributed by atoms with E-state index in [1.807, 2.05) is 18.2 Å². The Bertz CT molecular complexity index is 1070. The molecule has 27 heavy (non-hydrogen) atoms. The highest BCUT2D eigenvalue weighted by atomic mass is 16.5. The molecule has 0 aliphatic heterocycles. The largest absolute Gasteiger partial charge is 0.356 e. The second-order valence-electron chi connectivity index (χ2n) is 8.37. The average Bonchev–Trinajstić information content (AvgIpc) is 3.18. The first-order chi connectivity index (χ1) is 12.9. The topological polar surface area (TPSA) is 92.5 Å². The van der Waals surface area contributed by atoms with Crippen molar-refractivity contribution in [3.63, 3.8) is 0 Å². The number of nitrogens with one attached hydrogen (secondary N) is 2. The van der Waals surface area contributed by atoms with Gasteiger partial charge in [0.15, 0.2) is 22.6 Å². The Hall–Kier alpha value is -2.96. The monoisotopic (exact) mass is 364 g/mol. The summed E-state index contributed by atoms with van der Waals surface area (Å²) in [5, 5.41) is 15.7. The molecule has 0 amide bonds. The molecule has 1 unspecified atom stereocenters. The summed E-state index contributed by atoms with van der Waals surface area (Å²) in [6, 6.07) is 6.00. The first-order valence-electron chi connectivity index (χ1n) is 9.19. The van der Waals surface area contributed by atoms with Gasteiger partial charge < -0.3 is 9.84 Å². The lowest BCUT2D eigenvalue weighted by molar-refractivity contribution is 0.302. The summed E-state index contributed by atoms with van der Waals surface area (Å²) >= 11 is 0. The minimum Gasteiger partial charge on any atom is -0.356 e. The van der Waals surface area contributed by atoms with Crippen LogP contribution in [0.15, 0.2) is 35.1 Å². The Kier molecular flexibility index (Phi) is 4.30. The Labute approximate surface area is 157 Å². The summed E-state index contributed by atoms with van der Waals surface area (Å²) in [4.78, 5) is 8.51. The summed E-state index contributed by atoms with van der Waals surface area (Å²) in [5.74, 6) is 1.18. The second-order valence-corrected chi connectivity index (χ2v) is 8.37. The normalized spacial score (nSPS) is 13.3. The number of hydrogen-bond donors (Lipinski definition) is 2. The van der Waals surface area contributed by atoms with E-state index >= 15 is 0 Å². The van der Waals surface area contributed by atoms with E-state index in [-0.39, 0.29) is 0 Å². The number of nitrogens with zero attached hydrogens (tertiary/aromatic N) is 4. The van der Waals surface area contributed by atoms with E-state index in [0.717, 1.165) is 35.2 Å². The van der Waals surface area contributed by atoms with Gasteiger partial charge >= 0.3 is 0 Å². The van der Waals surface area contributed by atoms with Crippen LogP contribution in [0.3, 0.4) is 0 Å². The first kappa shape index (κ1) is 17.5. The van der Waals surface area contributed by atoms with Gasteiger partial charge in [-0.1, -0.05) is 32.9 Å². The average molecular weight is 364 g/mol.